The van der Waals surface area contributed by atoms with Gasteiger partial charge in [0, 0.05) is 19.3 Å². The smallest absolute Gasteiger partial charge is 0.0378 e. The summed E-state index contributed by atoms with van der Waals surface area (Å²) in [6.45, 7) is 6.72. The third kappa shape index (κ3) is 3.83. The summed E-state index contributed by atoms with van der Waals surface area (Å²) >= 11 is 0. The lowest BCUT2D eigenvalue weighted by atomic mass is 10.2. The van der Waals surface area contributed by atoms with E-state index in [0.717, 1.165) is 6.54 Å². The molecular weight excluding hydrogens is 136 g/mol. The molecule has 0 rings (SSSR count). The van der Waals surface area contributed by atoms with Crippen molar-refractivity contribution >= 4 is 0 Å². The number of nitrogens with zero attached hydrogens (tertiary/aromatic N) is 1. The van der Waals surface area contributed by atoms with Gasteiger partial charge in [0.2, 0.25) is 0 Å². The van der Waals surface area contributed by atoms with Gasteiger partial charge < -0.3 is 10.2 Å². The second-order valence-corrected chi connectivity index (χ2v) is 2.85. The van der Waals surface area contributed by atoms with Crippen molar-refractivity contribution in [2.24, 2.45) is 0 Å². The Morgan fingerprint density at radius 1 is 1.55 bits per heavy atom. The van der Waals surface area contributed by atoms with Crippen LogP contribution in [0.2, 0.25) is 0 Å². The van der Waals surface area contributed by atoms with Crippen molar-refractivity contribution in [2.45, 2.75) is 6.92 Å². The van der Waals surface area contributed by atoms with Gasteiger partial charge in [0.1, 0.15) is 0 Å². The van der Waals surface area contributed by atoms with Gasteiger partial charge in [-0.2, -0.15) is 0 Å². The van der Waals surface area contributed by atoms with Gasteiger partial charge in [-0.15, -0.1) is 0 Å². The van der Waals surface area contributed by atoms with E-state index in [9.17, 15) is 0 Å². The van der Waals surface area contributed by atoms with Crippen LogP contribution in [-0.4, -0.2) is 32.6 Å². The first kappa shape index (κ1) is 10.2. The summed E-state index contributed by atoms with van der Waals surface area (Å²) in [5, 5.41) is 3.15. The van der Waals surface area contributed by atoms with Crippen molar-refractivity contribution < 1.29 is 0 Å². The molecule has 0 fully saturated rings. The summed E-state index contributed by atoms with van der Waals surface area (Å²) in [5.41, 5.74) is 2.44. The number of likely N-dealkylation sites (N-methyl/N-ethyl adjacent to an activating group) is 2. The predicted octanol–water partition coefficient (Wildman–Crippen LogP) is 1.23. The SMILES string of the molecule is C=C/C(C)=C(/CN(C)C)NC. The van der Waals surface area contributed by atoms with Crippen LogP contribution >= 0.6 is 0 Å². The first-order valence-corrected chi connectivity index (χ1v) is 3.76. The van der Waals surface area contributed by atoms with Gasteiger partial charge in [0.05, 0.1) is 0 Å². The molecule has 0 aliphatic rings. The van der Waals surface area contributed by atoms with Gasteiger partial charge >= 0.3 is 0 Å². The predicted molar refractivity (Wildman–Crippen MR) is 50.5 cm³/mol. The minimum absolute atomic E-state index is 0.939. The molecule has 0 saturated heterocycles. The number of nitrogens with one attached hydrogen (secondary N) is 1. The number of rotatable bonds is 4. The van der Waals surface area contributed by atoms with E-state index in [1.165, 1.54) is 11.3 Å². The lowest BCUT2D eigenvalue weighted by molar-refractivity contribution is 0.435. The summed E-state index contributed by atoms with van der Waals surface area (Å²) in [7, 11) is 6.03. The molecule has 0 aliphatic carbocycles. The third-order valence-corrected chi connectivity index (χ3v) is 1.56. The Labute approximate surface area is 69.6 Å². The first-order chi connectivity index (χ1) is 5.11. The van der Waals surface area contributed by atoms with Crippen molar-refractivity contribution in [3.05, 3.63) is 23.9 Å². The van der Waals surface area contributed by atoms with Gasteiger partial charge in [-0.3, -0.25) is 0 Å². The highest BCUT2D eigenvalue weighted by Gasteiger charge is 1.98. The molecule has 11 heavy (non-hydrogen) atoms. The molecule has 0 spiro atoms. The molecule has 0 amide bonds. The second kappa shape index (κ2) is 4.97. The van der Waals surface area contributed by atoms with Gasteiger partial charge in [0.15, 0.2) is 0 Å². The Balaban J connectivity index is 4.26. The summed E-state index contributed by atoms with van der Waals surface area (Å²) in [6.07, 6.45) is 1.87. The Kier molecular flexibility index (Phi) is 4.62. The molecule has 1 N–H and O–H groups in total. The van der Waals surface area contributed by atoms with E-state index in [2.05, 4.69) is 23.7 Å². The molecule has 0 aliphatic heterocycles. The molecule has 0 aromatic rings. The minimum Gasteiger partial charge on any atom is -0.390 e. The van der Waals surface area contributed by atoms with Crippen molar-refractivity contribution in [1.82, 2.24) is 10.2 Å². The van der Waals surface area contributed by atoms with Crippen LogP contribution in [-0.2, 0) is 0 Å². The van der Waals surface area contributed by atoms with Crippen molar-refractivity contribution in [3.8, 4) is 0 Å². The van der Waals surface area contributed by atoms with Crippen LogP contribution < -0.4 is 5.32 Å². The molecule has 0 radical (unpaired) electrons. The molecular formula is C9H18N2. The topological polar surface area (TPSA) is 15.3 Å². The maximum Gasteiger partial charge on any atom is 0.0378 e. The Hall–Kier alpha value is -0.760. The van der Waals surface area contributed by atoms with Crippen LogP contribution in [0.5, 0.6) is 0 Å². The molecule has 0 aromatic heterocycles. The highest BCUT2D eigenvalue weighted by molar-refractivity contribution is 5.21. The summed E-state index contributed by atoms with van der Waals surface area (Å²) in [4.78, 5) is 2.12. The number of allylic oxidation sites excluding steroid dienone is 2. The highest BCUT2D eigenvalue weighted by atomic mass is 15.1. The summed E-state index contributed by atoms with van der Waals surface area (Å²) < 4.78 is 0. The lowest BCUT2D eigenvalue weighted by Gasteiger charge is -2.14. The van der Waals surface area contributed by atoms with Gasteiger partial charge in [-0.1, -0.05) is 12.7 Å². The van der Waals surface area contributed by atoms with Crippen LogP contribution in [0.4, 0.5) is 0 Å². The zero-order chi connectivity index (χ0) is 8.85. The molecule has 2 heteroatoms. The second-order valence-electron chi connectivity index (χ2n) is 2.85. The minimum atomic E-state index is 0.939. The lowest BCUT2D eigenvalue weighted by Crippen LogP contribution is -2.23. The van der Waals surface area contributed by atoms with Gasteiger partial charge in [0.25, 0.3) is 0 Å². The molecule has 64 valence electrons. The van der Waals surface area contributed by atoms with E-state index in [1.807, 2.05) is 27.2 Å². The monoisotopic (exact) mass is 154 g/mol. The van der Waals surface area contributed by atoms with Gasteiger partial charge in [-0.25, -0.2) is 0 Å². The van der Waals surface area contributed by atoms with E-state index >= 15 is 0 Å². The van der Waals surface area contributed by atoms with Crippen LogP contribution in [0.3, 0.4) is 0 Å². The quantitative estimate of drug-likeness (QED) is 0.613. The van der Waals surface area contributed by atoms with Crippen LogP contribution in [0.15, 0.2) is 23.9 Å². The maximum atomic E-state index is 3.72. The molecule has 0 aromatic carbocycles. The highest BCUT2D eigenvalue weighted by Crippen LogP contribution is 2.01. The number of hydrogen-bond donors (Lipinski definition) is 1. The number of hydrogen-bond acceptors (Lipinski definition) is 2. The Morgan fingerprint density at radius 3 is 2.36 bits per heavy atom. The Bertz CT molecular complexity index is 157. The summed E-state index contributed by atoms with van der Waals surface area (Å²) in [6, 6.07) is 0. The van der Waals surface area contributed by atoms with E-state index in [4.69, 9.17) is 0 Å². The Morgan fingerprint density at radius 2 is 2.09 bits per heavy atom. The molecule has 0 heterocycles. The zero-order valence-corrected chi connectivity index (χ0v) is 7.94. The van der Waals surface area contributed by atoms with Crippen LogP contribution in [0, 0.1) is 0 Å². The standard InChI is InChI=1S/C9H18N2/c1-6-8(2)9(10-3)7-11(4)5/h6,10H,1,7H2,2-5H3/b9-8-. The molecule has 0 atom stereocenters. The molecule has 0 unspecified atom stereocenters. The average molecular weight is 154 g/mol. The normalized spacial score (nSPS) is 12.8. The van der Waals surface area contributed by atoms with Crippen molar-refractivity contribution in [3.63, 3.8) is 0 Å². The van der Waals surface area contributed by atoms with Crippen LogP contribution in [0.25, 0.3) is 0 Å². The maximum absolute atomic E-state index is 3.72. The third-order valence-electron chi connectivity index (χ3n) is 1.56. The summed E-state index contributed by atoms with van der Waals surface area (Å²) in [5.74, 6) is 0. The largest absolute Gasteiger partial charge is 0.390 e. The molecule has 2 nitrogen and oxygen atoms in total. The van der Waals surface area contributed by atoms with E-state index in [1.54, 1.807) is 0 Å². The van der Waals surface area contributed by atoms with E-state index in [-0.39, 0.29) is 0 Å². The zero-order valence-electron chi connectivity index (χ0n) is 7.94. The fourth-order valence-electron chi connectivity index (χ4n) is 0.840. The van der Waals surface area contributed by atoms with Gasteiger partial charge in [-0.05, 0) is 26.6 Å². The van der Waals surface area contributed by atoms with E-state index < -0.39 is 0 Å². The first-order valence-electron chi connectivity index (χ1n) is 3.76. The van der Waals surface area contributed by atoms with Crippen LogP contribution in [0.1, 0.15) is 6.92 Å². The average Bonchev–Trinajstić information content (AvgIpc) is 1.98. The van der Waals surface area contributed by atoms with Crippen molar-refractivity contribution in [1.29, 1.82) is 0 Å². The molecule has 0 saturated carbocycles. The fourth-order valence-corrected chi connectivity index (χ4v) is 0.840. The fraction of sp³-hybridized carbons (Fsp3) is 0.556. The molecule has 0 bridgehead atoms. The van der Waals surface area contributed by atoms with Crippen molar-refractivity contribution in [2.75, 3.05) is 27.7 Å². The van der Waals surface area contributed by atoms with E-state index in [0.29, 0.717) is 0 Å².